The monoisotopic (exact) mass is 194 g/mol. The van der Waals surface area contributed by atoms with E-state index in [1.807, 2.05) is 0 Å². The summed E-state index contributed by atoms with van der Waals surface area (Å²) in [5.41, 5.74) is -0.317. The highest BCUT2D eigenvalue weighted by Crippen LogP contribution is 2.20. The minimum absolute atomic E-state index is 0.137. The molecule has 1 aromatic carbocycles. The molecular formula is C9H7FN2O2. The summed E-state index contributed by atoms with van der Waals surface area (Å²) in [6, 6.07) is 3.98. The van der Waals surface area contributed by atoms with Gasteiger partial charge in [-0.05, 0) is 0 Å². The van der Waals surface area contributed by atoms with Crippen molar-refractivity contribution in [2.24, 2.45) is 0 Å². The topological polar surface area (TPSA) is 47.5 Å². The van der Waals surface area contributed by atoms with Gasteiger partial charge in [0.15, 0.2) is 0 Å². The van der Waals surface area contributed by atoms with Crippen molar-refractivity contribution < 1.29 is 9.31 Å². The smallest absolute Gasteiger partial charge is 0.305 e. The van der Waals surface area contributed by atoms with E-state index >= 15 is 0 Å². The Bertz CT molecular complexity index is 398. The molecule has 0 saturated carbocycles. The molecule has 0 radical (unpaired) electrons. The number of nitrogens with zero attached hydrogens (tertiary/aromatic N) is 2. The van der Waals surface area contributed by atoms with Crippen molar-refractivity contribution >= 4 is 5.69 Å². The van der Waals surface area contributed by atoms with Gasteiger partial charge in [-0.2, -0.15) is 4.39 Å². The molecule has 0 spiro atoms. The Labute approximate surface area is 79.9 Å². The van der Waals surface area contributed by atoms with Gasteiger partial charge in [-0.25, -0.2) is 6.57 Å². The first-order valence-corrected chi connectivity index (χ1v) is 3.92. The molecule has 0 aliphatic rings. The SMILES string of the molecule is [C-]#[N+]CCc1cccc([N+](=O)[O-])c1F. The molecule has 4 nitrogen and oxygen atoms in total. The van der Waals surface area contributed by atoms with Crippen LogP contribution in [0.1, 0.15) is 5.56 Å². The second-order valence-electron chi connectivity index (χ2n) is 2.64. The summed E-state index contributed by atoms with van der Waals surface area (Å²) in [5.74, 6) is -0.832. The molecule has 72 valence electrons. The van der Waals surface area contributed by atoms with E-state index in [-0.39, 0.29) is 18.5 Å². The molecule has 0 bridgehead atoms. The first-order valence-electron chi connectivity index (χ1n) is 3.92. The molecular weight excluding hydrogens is 187 g/mol. The summed E-state index contributed by atoms with van der Waals surface area (Å²) in [5, 5.41) is 10.4. The van der Waals surface area contributed by atoms with Gasteiger partial charge in [-0.1, -0.05) is 12.1 Å². The normalized spacial score (nSPS) is 9.43. The van der Waals surface area contributed by atoms with Crippen LogP contribution >= 0.6 is 0 Å². The van der Waals surface area contributed by atoms with E-state index in [0.29, 0.717) is 0 Å². The van der Waals surface area contributed by atoms with Crippen LogP contribution in [0.3, 0.4) is 0 Å². The Balaban J connectivity index is 3.02. The highest BCUT2D eigenvalue weighted by atomic mass is 19.1. The third-order valence-corrected chi connectivity index (χ3v) is 1.75. The molecule has 0 aliphatic carbocycles. The van der Waals surface area contributed by atoms with E-state index in [1.165, 1.54) is 12.1 Å². The van der Waals surface area contributed by atoms with Gasteiger partial charge in [0.05, 0.1) is 4.92 Å². The number of nitro benzene ring substituents is 1. The van der Waals surface area contributed by atoms with Crippen molar-refractivity contribution in [2.75, 3.05) is 6.54 Å². The van der Waals surface area contributed by atoms with Crippen molar-refractivity contribution in [1.29, 1.82) is 0 Å². The van der Waals surface area contributed by atoms with Gasteiger partial charge in [0.25, 0.3) is 0 Å². The molecule has 0 aliphatic heterocycles. The van der Waals surface area contributed by atoms with Crippen LogP contribution in [0.15, 0.2) is 18.2 Å². The molecule has 0 saturated heterocycles. The molecule has 0 atom stereocenters. The summed E-state index contributed by atoms with van der Waals surface area (Å²) in [7, 11) is 0. The van der Waals surface area contributed by atoms with E-state index in [9.17, 15) is 14.5 Å². The van der Waals surface area contributed by atoms with Gasteiger partial charge in [-0.3, -0.25) is 10.1 Å². The van der Waals surface area contributed by atoms with Crippen LogP contribution in [0.5, 0.6) is 0 Å². The highest BCUT2D eigenvalue weighted by Gasteiger charge is 2.16. The Morgan fingerprint density at radius 2 is 2.29 bits per heavy atom. The van der Waals surface area contributed by atoms with Crippen molar-refractivity contribution in [3.8, 4) is 0 Å². The lowest BCUT2D eigenvalue weighted by molar-refractivity contribution is -0.387. The van der Waals surface area contributed by atoms with Gasteiger partial charge in [0.2, 0.25) is 12.4 Å². The highest BCUT2D eigenvalue weighted by molar-refractivity contribution is 5.36. The minimum Gasteiger partial charge on any atom is -0.317 e. The standard InChI is InChI=1S/C9H7FN2O2/c1-11-6-5-7-3-2-4-8(9(7)10)12(13)14/h2-4H,5-6H2. The Kier molecular flexibility index (Phi) is 3.13. The van der Waals surface area contributed by atoms with Crippen LogP contribution in [-0.4, -0.2) is 11.5 Å². The Morgan fingerprint density at radius 3 is 2.86 bits per heavy atom. The maximum absolute atomic E-state index is 13.3. The van der Waals surface area contributed by atoms with Crippen molar-refractivity contribution in [3.05, 3.63) is 51.1 Å². The van der Waals surface area contributed by atoms with E-state index in [2.05, 4.69) is 4.85 Å². The molecule has 0 heterocycles. The number of rotatable bonds is 3. The van der Waals surface area contributed by atoms with E-state index in [1.54, 1.807) is 0 Å². The van der Waals surface area contributed by atoms with Gasteiger partial charge in [0, 0.05) is 18.1 Å². The molecule has 1 aromatic rings. The quantitative estimate of drug-likeness (QED) is 0.420. The average Bonchev–Trinajstić information content (AvgIpc) is 2.16. The molecule has 0 amide bonds. The van der Waals surface area contributed by atoms with Crippen LogP contribution in [0.2, 0.25) is 0 Å². The second kappa shape index (κ2) is 4.33. The van der Waals surface area contributed by atoms with E-state index in [4.69, 9.17) is 6.57 Å². The molecule has 5 heteroatoms. The van der Waals surface area contributed by atoms with Gasteiger partial charge in [0.1, 0.15) is 0 Å². The lowest BCUT2D eigenvalue weighted by Crippen LogP contribution is -1.98. The summed E-state index contributed by atoms with van der Waals surface area (Å²) >= 11 is 0. The summed E-state index contributed by atoms with van der Waals surface area (Å²) < 4.78 is 13.3. The van der Waals surface area contributed by atoms with Crippen LogP contribution in [0.25, 0.3) is 4.85 Å². The fourth-order valence-corrected chi connectivity index (χ4v) is 1.08. The zero-order valence-electron chi connectivity index (χ0n) is 7.24. The molecule has 0 fully saturated rings. The molecule has 1 rings (SSSR count). The average molecular weight is 194 g/mol. The third kappa shape index (κ3) is 2.04. The van der Waals surface area contributed by atoms with E-state index < -0.39 is 16.4 Å². The van der Waals surface area contributed by atoms with Crippen LogP contribution in [0.4, 0.5) is 10.1 Å². The first-order chi connectivity index (χ1) is 6.66. The van der Waals surface area contributed by atoms with Crippen molar-refractivity contribution in [3.63, 3.8) is 0 Å². The predicted molar refractivity (Wildman–Crippen MR) is 48.2 cm³/mol. The van der Waals surface area contributed by atoms with Crippen molar-refractivity contribution in [2.45, 2.75) is 6.42 Å². The Morgan fingerprint density at radius 1 is 1.57 bits per heavy atom. The number of benzene rings is 1. The minimum atomic E-state index is -0.832. The number of halogens is 1. The number of nitro groups is 1. The van der Waals surface area contributed by atoms with Crippen LogP contribution < -0.4 is 0 Å². The third-order valence-electron chi connectivity index (χ3n) is 1.75. The zero-order chi connectivity index (χ0) is 10.6. The fraction of sp³-hybridized carbons (Fsp3) is 0.222. The molecule has 0 N–H and O–H groups in total. The number of hydrogen-bond donors (Lipinski definition) is 0. The molecule has 0 aromatic heterocycles. The maximum atomic E-state index is 13.3. The first kappa shape index (κ1) is 10.1. The summed E-state index contributed by atoms with van der Waals surface area (Å²) in [6.45, 7) is 6.67. The second-order valence-corrected chi connectivity index (χ2v) is 2.64. The maximum Gasteiger partial charge on any atom is 0.305 e. The fourth-order valence-electron chi connectivity index (χ4n) is 1.08. The van der Waals surface area contributed by atoms with Gasteiger partial charge >= 0.3 is 5.69 Å². The summed E-state index contributed by atoms with van der Waals surface area (Å²) in [4.78, 5) is 12.6. The lowest BCUT2D eigenvalue weighted by Gasteiger charge is -1.98. The number of hydrogen-bond acceptors (Lipinski definition) is 2. The van der Waals surface area contributed by atoms with Gasteiger partial charge < -0.3 is 4.85 Å². The predicted octanol–water partition coefficient (Wildman–Crippen LogP) is 2.20. The zero-order valence-corrected chi connectivity index (χ0v) is 7.24. The summed E-state index contributed by atoms with van der Waals surface area (Å²) in [6.07, 6.45) is 0.205. The van der Waals surface area contributed by atoms with Crippen molar-refractivity contribution in [1.82, 2.24) is 0 Å². The molecule has 0 unspecified atom stereocenters. The van der Waals surface area contributed by atoms with Crippen LogP contribution in [0, 0.1) is 22.5 Å². The van der Waals surface area contributed by atoms with Gasteiger partial charge in [-0.15, -0.1) is 0 Å². The Hall–Kier alpha value is -1.96. The van der Waals surface area contributed by atoms with E-state index in [0.717, 1.165) is 6.07 Å². The molecule has 14 heavy (non-hydrogen) atoms. The van der Waals surface area contributed by atoms with Crippen LogP contribution in [-0.2, 0) is 6.42 Å². The largest absolute Gasteiger partial charge is 0.317 e. The lowest BCUT2D eigenvalue weighted by atomic mass is 10.1.